The summed E-state index contributed by atoms with van der Waals surface area (Å²) < 4.78 is 0. The van der Waals surface area contributed by atoms with Crippen molar-refractivity contribution < 1.29 is 0 Å². The summed E-state index contributed by atoms with van der Waals surface area (Å²) in [5, 5.41) is 0. The van der Waals surface area contributed by atoms with Crippen LogP contribution in [0.3, 0.4) is 0 Å². The molecule has 0 rings (SSSR count). The molecule has 0 bridgehead atoms. The van der Waals surface area contributed by atoms with Gasteiger partial charge in [-0.2, -0.15) is 0 Å². The van der Waals surface area contributed by atoms with Gasteiger partial charge in [0.1, 0.15) is 0 Å². The molecule has 1 heteroatoms. The smallest absolute Gasteiger partial charge is 0.0375 e. The quantitative estimate of drug-likeness (QED) is 0.425. The van der Waals surface area contributed by atoms with E-state index in [2.05, 4.69) is 18.2 Å². The summed E-state index contributed by atoms with van der Waals surface area (Å²) in [6.45, 7) is 23.0. The number of nitrogens with zero attached hydrogens (tertiary/aromatic N) is 1. The summed E-state index contributed by atoms with van der Waals surface area (Å²) in [6.07, 6.45) is 5.29. The molecule has 16 heavy (non-hydrogen) atoms. The maximum absolute atomic E-state index is 4.17. The molecule has 1 nitrogen and oxygen atoms in total. The number of aliphatic imine (C=N–C) groups is 1. The molecule has 0 aromatic rings. The fourth-order valence-corrected chi connectivity index (χ4v) is 0.532. The number of allylic oxidation sites excluding steroid dienone is 4. The summed E-state index contributed by atoms with van der Waals surface area (Å²) >= 11 is 0. The van der Waals surface area contributed by atoms with Crippen LogP contribution in [0, 0.1) is 0 Å². The maximum Gasteiger partial charge on any atom is 0.0375 e. The molecule has 0 aromatic carbocycles. The fraction of sp³-hybridized carbons (Fsp3) is 0.533. The average Bonchev–Trinajstić information content (AvgIpc) is 2.36. The molecule has 0 N–H and O–H groups in total. The van der Waals surface area contributed by atoms with Gasteiger partial charge in [0.25, 0.3) is 0 Å². The van der Waals surface area contributed by atoms with Gasteiger partial charge in [-0.3, -0.25) is 4.99 Å². The monoisotopic (exact) mass is 225 g/mol. The van der Waals surface area contributed by atoms with Gasteiger partial charge in [-0.1, -0.05) is 60.8 Å². The van der Waals surface area contributed by atoms with Crippen molar-refractivity contribution in [3.05, 3.63) is 37.1 Å². The van der Waals surface area contributed by atoms with Gasteiger partial charge in [-0.05, 0) is 26.0 Å². The minimum Gasteiger partial charge on any atom is -0.259 e. The minimum atomic E-state index is 0.926. The first-order chi connectivity index (χ1) is 7.70. The normalized spacial score (nSPS) is 9.25. The lowest BCUT2D eigenvalue weighted by molar-refractivity contribution is 1.30. The van der Waals surface area contributed by atoms with E-state index in [0.717, 1.165) is 11.4 Å². The van der Waals surface area contributed by atoms with Crippen molar-refractivity contribution in [2.75, 3.05) is 0 Å². The predicted octanol–water partition coefficient (Wildman–Crippen LogP) is 5.80. The third-order valence-corrected chi connectivity index (χ3v) is 1.01. The van der Waals surface area contributed by atoms with Crippen LogP contribution in [0.15, 0.2) is 42.1 Å². The van der Waals surface area contributed by atoms with E-state index in [1.165, 1.54) is 0 Å². The molecule has 0 aromatic heterocycles. The molecule has 0 amide bonds. The van der Waals surface area contributed by atoms with Gasteiger partial charge in [-0.25, -0.2) is 0 Å². The van der Waals surface area contributed by atoms with E-state index in [1.54, 1.807) is 12.2 Å². The Hall–Kier alpha value is -1.11. The van der Waals surface area contributed by atoms with Crippen LogP contribution >= 0.6 is 0 Å². The molecule has 0 spiro atoms. The van der Waals surface area contributed by atoms with Gasteiger partial charge in [0.2, 0.25) is 0 Å². The van der Waals surface area contributed by atoms with Crippen LogP contribution in [-0.2, 0) is 0 Å². The molecule has 0 saturated carbocycles. The third kappa shape index (κ3) is 29.3. The summed E-state index contributed by atoms with van der Waals surface area (Å²) in [6, 6.07) is 0. The zero-order valence-electron chi connectivity index (χ0n) is 12.6. The fourth-order valence-electron chi connectivity index (χ4n) is 0.532. The zero-order chi connectivity index (χ0) is 14.0. The molecule has 0 saturated heterocycles. The topological polar surface area (TPSA) is 12.4 Å². The molecular formula is C15H31N. The lowest BCUT2D eigenvalue weighted by atomic mass is 10.4. The highest BCUT2D eigenvalue weighted by Crippen LogP contribution is 1.95. The second-order valence-electron chi connectivity index (χ2n) is 2.00. The van der Waals surface area contributed by atoms with Crippen molar-refractivity contribution in [2.45, 2.75) is 55.4 Å². The van der Waals surface area contributed by atoms with Crippen LogP contribution in [0.4, 0.5) is 0 Å². The van der Waals surface area contributed by atoms with Crippen LogP contribution < -0.4 is 0 Å². The number of rotatable bonds is 3. The van der Waals surface area contributed by atoms with Crippen molar-refractivity contribution in [3.8, 4) is 0 Å². The summed E-state index contributed by atoms with van der Waals surface area (Å²) in [7, 11) is 0. The van der Waals surface area contributed by atoms with Crippen molar-refractivity contribution in [2.24, 2.45) is 4.99 Å². The largest absolute Gasteiger partial charge is 0.259 e. The first-order valence-corrected chi connectivity index (χ1v) is 6.17. The highest BCUT2D eigenvalue weighted by molar-refractivity contribution is 5.92. The molecule has 0 radical (unpaired) electrons. The van der Waals surface area contributed by atoms with Crippen molar-refractivity contribution in [1.29, 1.82) is 0 Å². The molecular weight excluding hydrogens is 194 g/mol. The first kappa shape index (κ1) is 24.2. The first-order valence-electron chi connectivity index (χ1n) is 6.17. The van der Waals surface area contributed by atoms with Crippen molar-refractivity contribution in [1.82, 2.24) is 0 Å². The van der Waals surface area contributed by atoms with Crippen LogP contribution in [0.25, 0.3) is 0 Å². The van der Waals surface area contributed by atoms with Crippen LogP contribution in [0.2, 0.25) is 0 Å². The Kier molecular flexibility index (Phi) is 44.2. The summed E-state index contributed by atoms with van der Waals surface area (Å²) in [5.74, 6) is 0. The Bertz CT molecular complexity index is 186. The molecule has 0 heterocycles. The molecule has 0 unspecified atom stereocenters. The molecule has 0 aliphatic heterocycles. The number of hydrogen-bond acceptors (Lipinski definition) is 1. The maximum atomic E-state index is 4.17. The minimum absolute atomic E-state index is 0.926. The van der Waals surface area contributed by atoms with E-state index < -0.39 is 0 Å². The summed E-state index contributed by atoms with van der Waals surface area (Å²) in [4.78, 5) is 4.17. The Morgan fingerprint density at radius 3 is 1.50 bits per heavy atom. The molecule has 96 valence electrons. The molecule has 0 aliphatic carbocycles. The second-order valence-corrected chi connectivity index (χ2v) is 2.00. The van der Waals surface area contributed by atoms with Crippen molar-refractivity contribution >= 4 is 5.71 Å². The van der Waals surface area contributed by atoms with Gasteiger partial charge >= 0.3 is 0 Å². The van der Waals surface area contributed by atoms with Gasteiger partial charge < -0.3 is 0 Å². The lowest BCUT2D eigenvalue weighted by Crippen LogP contribution is -1.82. The molecule has 0 aliphatic rings. The van der Waals surface area contributed by atoms with Crippen LogP contribution in [0.5, 0.6) is 0 Å². The molecule has 0 fully saturated rings. The Balaban J connectivity index is -0.000000103. The van der Waals surface area contributed by atoms with E-state index in [0.29, 0.717) is 0 Å². The highest BCUT2D eigenvalue weighted by atomic mass is 14.7. The van der Waals surface area contributed by atoms with Crippen molar-refractivity contribution in [3.63, 3.8) is 0 Å². The van der Waals surface area contributed by atoms with Gasteiger partial charge in [0.05, 0.1) is 0 Å². The standard InChI is InChI=1S/C9H13N.3C2H6/c1-5-7-9(4)10-8(3)6-2;3*1-2/h5-7H,1-2H2,3-4H3;3*1-2H3/b9-7-,10-8?;;;. The van der Waals surface area contributed by atoms with E-state index in [4.69, 9.17) is 0 Å². The predicted molar refractivity (Wildman–Crippen MR) is 81.3 cm³/mol. The third-order valence-electron chi connectivity index (χ3n) is 1.01. The average molecular weight is 225 g/mol. The Morgan fingerprint density at radius 2 is 1.25 bits per heavy atom. The Morgan fingerprint density at radius 1 is 0.875 bits per heavy atom. The number of hydrogen-bond donors (Lipinski definition) is 0. The van der Waals surface area contributed by atoms with Gasteiger partial charge in [0, 0.05) is 11.4 Å². The zero-order valence-corrected chi connectivity index (χ0v) is 12.6. The lowest BCUT2D eigenvalue weighted by Gasteiger charge is -1.90. The van der Waals surface area contributed by atoms with E-state index >= 15 is 0 Å². The van der Waals surface area contributed by atoms with Crippen LogP contribution in [-0.4, -0.2) is 5.71 Å². The van der Waals surface area contributed by atoms with Gasteiger partial charge in [-0.15, -0.1) is 0 Å². The SMILES string of the molecule is C=C/C=C(/C)N=C(C)C=C.CC.CC.CC. The van der Waals surface area contributed by atoms with Gasteiger partial charge in [0.15, 0.2) is 0 Å². The second kappa shape index (κ2) is 29.2. The summed E-state index contributed by atoms with van der Waals surface area (Å²) in [5.41, 5.74) is 1.88. The van der Waals surface area contributed by atoms with E-state index in [9.17, 15) is 0 Å². The van der Waals surface area contributed by atoms with Crippen LogP contribution in [0.1, 0.15) is 55.4 Å². The van der Waals surface area contributed by atoms with E-state index in [-0.39, 0.29) is 0 Å². The molecule has 0 atom stereocenters. The highest BCUT2D eigenvalue weighted by Gasteiger charge is 1.81. The Labute approximate surface area is 104 Å². The van der Waals surface area contributed by atoms with E-state index in [1.807, 2.05) is 61.5 Å².